The van der Waals surface area contributed by atoms with Crippen molar-refractivity contribution in [3.05, 3.63) is 60.2 Å². The molecule has 7 heteroatoms. The fourth-order valence-corrected chi connectivity index (χ4v) is 2.52. The second kappa shape index (κ2) is 9.73. The summed E-state index contributed by atoms with van der Waals surface area (Å²) >= 11 is 0. The van der Waals surface area contributed by atoms with Crippen LogP contribution in [0.3, 0.4) is 0 Å². The monoisotopic (exact) mass is 397 g/mol. The molecule has 0 unspecified atom stereocenters. The Kier molecular flexibility index (Phi) is 7.36. The third kappa shape index (κ3) is 7.29. The van der Waals surface area contributed by atoms with E-state index in [1.165, 1.54) is 11.9 Å². The molecule has 0 saturated heterocycles. The molecule has 0 heterocycles. The molecule has 7 nitrogen and oxygen atoms in total. The second-order valence-electron chi connectivity index (χ2n) is 7.66. The van der Waals surface area contributed by atoms with Gasteiger partial charge in [-0.1, -0.05) is 30.3 Å². The van der Waals surface area contributed by atoms with Crippen LogP contribution in [0.5, 0.6) is 0 Å². The Labute approximate surface area is 171 Å². The lowest BCUT2D eigenvalue weighted by atomic mass is 10.1. The molecule has 2 rings (SSSR count). The van der Waals surface area contributed by atoms with Crippen LogP contribution < -0.4 is 10.6 Å². The summed E-state index contributed by atoms with van der Waals surface area (Å²) in [5.74, 6) is -1.36. The molecule has 0 aromatic heterocycles. The molecule has 0 aliphatic rings. The van der Waals surface area contributed by atoms with E-state index in [9.17, 15) is 14.4 Å². The maximum atomic E-state index is 12.5. The molecule has 29 heavy (non-hydrogen) atoms. The van der Waals surface area contributed by atoms with E-state index in [-0.39, 0.29) is 18.0 Å². The highest BCUT2D eigenvalue weighted by atomic mass is 16.5. The molecule has 2 N–H and O–H groups in total. The third-order valence-corrected chi connectivity index (χ3v) is 3.85. The van der Waals surface area contributed by atoms with Crippen LogP contribution in [0.4, 0.5) is 11.4 Å². The summed E-state index contributed by atoms with van der Waals surface area (Å²) < 4.78 is 5.17. The summed E-state index contributed by atoms with van der Waals surface area (Å²) in [6.45, 7) is 5.01. The highest BCUT2D eigenvalue weighted by Gasteiger charge is 2.20. The lowest BCUT2D eigenvalue weighted by Crippen LogP contribution is -2.46. The van der Waals surface area contributed by atoms with E-state index in [0.717, 1.165) is 5.69 Å². The number of ether oxygens (including phenoxy) is 1. The SMILES string of the molecule is CN(CC(=O)NC(C)(C)C)C(=O)COC(=O)c1ccccc1Nc1ccccc1. The Bertz CT molecular complexity index is 860. The molecule has 0 aliphatic heterocycles. The summed E-state index contributed by atoms with van der Waals surface area (Å²) in [5.41, 5.74) is 1.34. The first kappa shape index (κ1) is 21.9. The van der Waals surface area contributed by atoms with Gasteiger partial charge in [0.05, 0.1) is 17.8 Å². The maximum absolute atomic E-state index is 12.5. The van der Waals surface area contributed by atoms with Gasteiger partial charge in [0.1, 0.15) is 0 Å². The average molecular weight is 397 g/mol. The number of anilines is 2. The normalized spacial score (nSPS) is 10.8. The fraction of sp³-hybridized carbons (Fsp3) is 0.318. The highest BCUT2D eigenvalue weighted by Crippen LogP contribution is 2.21. The van der Waals surface area contributed by atoms with Gasteiger partial charge in [-0.15, -0.1) is 0 Å². The number of amides is 2. The number of esters is 1. The molecule has 2 amide bonds. The summed E-state index contributed by atoms with van der Waals surface area (Å²) in [6.07, 6.45) is 0. The molecule has 154 valence electrons. The van der Waals surface area contributed by atoms with E-state index >= 15 is 0 Å². The molecule has 0 fully saturated rings. The van der Waals surface area contributed by atoms with Crippen LogP contribution in [0.25, 0.3) is 0 Å². The number of likely N-dealkylation sites (N-methyl/N-ethyl adjacent to an activating group) is 1. The van der Waals surface area contributed by atoms with E-state index in [1.54, 1.807) is 24.3 Å². The zero-order valence-corrected chi connectivity index (χ0v) is 17.2. The zero-order chi connectivity index (χ0) is 21.4. The maximum Gasteiger partial charge on any atom is 0.340 e. The lowest BCUT2D eigenvalue weighted by molar-refractivity contribution is -0.137. The van der Waals surface area contributed by atoms with Gasteiger partial charge in [0.2, 0.25) is 5.91 Å². The van der Waals surface area contributed by atoms with Crippen molar-refractivity contribution in [2.45, 2.75) is 26.3 Å². The summed E-state index contributed by atoms with van der Waals surface area (Å²) in [7, 11) is 1.49. The number of hydrogen-bond acceptors (Lipinski definition) is 5. The fourth-order valence-electron chi connectivity index (χ4n) is 2.52. The van der Waals surface area contributed by atoms with Gasteiger partial charge in [0.15, 0.2) is 6.61 Å². The van der Waals surface area contributed by atoms with Crippen LogP contribution in [0, 0.1) is 0 Å². The number of carbonyl (C=O) groups excluding carboxylic acids is 3. The first-order valence-corrected chi connectivity index (χ1v) is 9.29. The Hall–Kier alpha value is -3.35. The number of para-hydroxylation sites is 2. The van der Waals surface area contributed by atoms with Crippen molar-refractivity contribution in [2.75, 3.05) is 25.5 Å². The summed E-state index contributed by atoms with van der Waals surface area (Å²) in [6, 6.07) is 16.3. The van der Waals surface area contributed by atoms with Crippen LogP contribution in [0.1, 0.15) is 31.1 Å². The highest BCUT2D eigenvalue weighted by molar-refractivity contribution is 5.97. The van der Waals surface area contributed by atoms with E-state index in [4.69, 9.17) is 4.74 Å². The summed E-state index contributed by atoms with van der Waals surface area (Å²) in [5, 5.41) is 5.94. The molecule has 0 radical (unpaired) electrons. The van der Waals surface area contributed by atoms with Crippen molar-refractivity contribution in [3.8, 4) is 0 Å². The van der Waals surface area contributed by atoms with Gasteiger partial charge in [0.25, 0.3) is 5.91 Å². The molecule has 0 atom stereocenters. The average Bonchev–Trinajstić information content (AvgIpc) is 2.65. The van der Waals surface area contributed by atoms with E-state index in [2.05, 4.69) is 10.6 Å². The molecular weight excluding hydrogens is 370 g/mol. The Morgan fingerprint density at radius 2 is 1.59 bits per heavy atom. The number of rotatable bonds is 7. The minimum Gasteiger partial charge on any atom is -0.452 e. The number of nitrogens with one attached hydrogen (secondary N) is 2. The molecule has 2 aromatic rings. The number of hydrogen-bond donors (Lipinski definition) is 2. The molecular formula is C22H27N3O4. The predicted molar refractivity (Wildman–Crippen MR) is 112 cm³/mol. The first-order valence-electron chi connectivity index (χ1n) is 9.29. The zero-order valence-electron chi connectivity index (χ0n) is 17.2. The smallest absolute Gasteiger partial charge is 0.340 e. The van der Waals surface area contributed by atoms with E-state index < -0.39 is 18.5 Å². The van der Waals surface area contributed by atoms with Crippen LogP contribution in [-0.4, -0.2) is 48.4 Å². The predicted octanol–water partition coefficient (Wildman–Crippen LogP) is 2.96. The number of carbonyl (C=O) groups is 3. The van der Waals surface area contributed by atoms with Crippen LogP contribution in [0.2, 0.25) is 0 Å². The lowest BCUT2D eigenvalue weighted by Gasteiger charge is -2.23. The molecule has 0 bridgehead atoms. The molecule has 0 saturated carbocycles. The van der Waals surface area contributed by atoms with Crippen molar-refractivity contribution in [2.24, 2.45) is 0 Å². The van der Waals surface area contributed by atoms with Gasteiger partial charge in [-0.05, 0) is 45.0 Å². The standard InChI is InChI=1S/C22H27N3O4/c1-22(2,3)24-19(26)14-25(4)20(27)15-29-21(28)17-12-8-9-13-18(17)23-16-10-6-5-7-11-16/h5-13,23H,14-15H2,1-4H3,(H,24,26). The number of nitrogens with zero attached hydrogens (tertiary/aromatic N) is 1. The minimum atomic E-state index is -0.620. The second-order valence-corrected chi connectivity index (χ2v) is 7.66. The minimum absolute atomic E-state index is 0.111. The topological polar surface area (TPSA) is 87.7 Å². The Morgan fingerprint density at radius 3 is 2.24 bits per heavy atom. The van der Waals surface area contributed by atoms with Gasteiger partial charge in [0, 0.05) is 18.3 Å². The van der Waals surface area contributed by atoms with E-state index in [0.29, 0.717) is 11.3 Å². The van der Waals surface area contributed by atoms with Gasteiger partial charge in [-0.2, -0.15) is 0 Å². The molecule has 0 spiro atoms. The van der Waals surface area contributed by atoms with Gasteiger partial charge in [-0.25, -0.2) is 4.79 Å². The Morgan fingerprint density at radius 1 is 0.966 bits per heavy atom. The van der Waals surface area contributed by atoms with Crippen LogP contribution in [-0.2, 0) is 14.3 Å². The largest absolute Gasteiger partial charge is 0.452 e. The summed E-state index contributed by atoms with van der Waals surface area (Å²) in [4.78, 5) is 37.8. The van der Waals surface area contributed by atoms with E-state index in [1.807, 2.05) is 51.1 Å². The van der Waals surface area contributed by atoms with Crippen LogP contribution >= 0.6 is 0 Å². The van der Waals surface area contributed by atoms with Crippen molar-refractivity contribution < 1.29 is 19.1 Å². The van der Waals surface area contributed by atoms with Gasteiger partial charge >= 0.3 is 5.97 Å². The van der Waals surface area contributed by atoms with Crippen molar-refractivity contribution in [3.63, 3.8) is 0 Å². The molecule has 2 aromatic carbocycles. The quantitative estimate of drug-likeness (QED) is 0.702. The van der Waals surface area contributed by atoms with Gasteiger partial charge in [-0.3, -0.25) is 9.59 Å². The third-order valence-electron chi connectivity index (χ3n) is 3.85. The van der Waals surface area contributed by atoms with Crippen molar-refractivity contribution >= 4 is 29.2 Å². The van der Waals surface area contributed by atoms with Crippen molar-refractivity contribution in [1.82, 2.24) is 10.2 Å². The molecule has 0 aliphatic carbocycles. The number of benzene rings is 2. The van der Waals surface area contributed by atoms with Gasteiger partial charge < -0.3 is 20.3 Å². The Balaban J connectivity index is 1.93. The first-order chi connectivity index (χ1) is 13.7. The van der Waals surface area contributed by atoms with Crippen LogP contribution in [0.15, 0.2) is 54.6 Å². The van der Waals surface area contributed by atoms with Crippen molar-refractivity contribution in [1.29, 1.82) is 0 Å².